The van der Waals surface area contributed by atoms with E-state index in [1.165, 1.54) is 4.68 Å². The number of carbonyl (C=O) groups is 1. The second kappa shape index (κ2) is 9.00. The van der Waals surface area contributed by atoms with Crippen molar-refractivity contribution in [2.75, 3.05) is 18.5 Å². The lowest BCUT2D eigenvalue weighted by molar-refractivity contribution is 0.101. The number of carbonyl (C=O) groups excluding carboxylic acids is 1. The Kier molecular flexibility index (Phi) is 6.43. The van der Waals surface area contributed by atoms with Crippen molar-refractivity contribution in [2.45, 2.75) is 27.3 Å². The Morgan fingerprint density at radius 1 is 1.21 bits per heavy atom. The van der Waals surface area contributed by atoms with Crippen LogP contribution in [-0.2, 0) is 13.6 Å². The molecule has 8 nitrogen and oxygen atoms in total. The number of ether oxygens (including phenoxy) is 2. The molecule has 29 heavy (non-hydrogen) atoms. The highest BCUT2D eigenvalue weighted by Crippen LogP contribution is 2.29. The molecule has 0 saturated heterocycles. The number of aromatic nitrogens is 4. The van der Waals surface area contributed by atoms with Gasteiger partial charge in [0.25, 0.3) is 5.91 Å². The highest BCUT2D eigenvalue weighted by atomic mass is 35.5. The van der Waals surface area contributed by atoms with E-state index in [1.807, 2.05) is 32.0 Å². The molecule has 0 unspecified atom stereocenters. The maximum absolute atomic E-state index is 12.5. The zero-order valence-electron chi connectivity index (χ0n) is 16.9. The van der Waals surface area contributed by atoms with E-state index in [0.29, 0.717) is 47.6 Å². The number of nitrogens with one attached hydrogen (secondary N) is 1. The second-order valence-corrected chi connectivity index (χ2v) is 6.78. The second-order valence-electron chi connectivity index (χ2n) is 6.40. The Morgan fingerprint density at radius 3 is 2.59 bits per heavy atom. The summed E-state index contributed by atoms with van der Waals surface area (Å²) in [5, 5.41) is 11.6. The van der Waals surface area contributed by atoms with Gasteiger partial charge in [-0.05, 0) is 38.5 Å². The van der Waals surface area contributed by atoms with Crippen LogP contribution in [-0.4, -0.2) is 38.7 Å². The van der Waals surface area contributed by atoms with Crippen LogP contribution < -0.4 is 14.8 Å². The highest BCUT2D eigenvalue weighted by molar-refractivity contribution is 6.34. The van der Waals surface area contributed by atoms with E-state index in [2.05, 4.69) is 15.5 Å². The average molecular weight is 418 g/mol. The van der Waals surface area contributed by atoms with Gasteiger partial charge in [-0.3, -0.25) is 14.2 Å². The van der Waals surface area contributed by atoms with Crippen molar-refractivity contribution in [2.24, 2.45) is 7.05 Å². The van der Waals surface area contributed by atoms with E-state index in [9.17, 15) is 4.79 Å². The molecule has 0 bridgehead atoms. The molecule has 1 N–H and O–H groups in total. The lowest BCUT2D eigenvalue weighted by Gasteiger charge is -2.12. The van der Waals surface area contributed by atoms with Crippen molar-refractivity contribution in [1.82, 2.24) is 19.6 Å². The molecule has 0 aliphatic carbocycles. The van der Waals surface area contributed by atoms with Crippen LogP contribution in [0.2, 0.25) is 5.02 Å². The van der Waals surface area contributed by atoms with Crippen LogP contribution in [0.1, 0.15) is 35.6 Å². The molecule has 2 heterocycles. The van der Waals surface area contributed by atoms with Crippen LogP contribution in [0, 0.1) is 6.92 Å². The van der Waals surface area contributed by atoms with Gasteiger partial charge in [0, 0.05) is 13.2 Å². The number of amides is 1. The fraction of sp³-hybridized carbons (Fsp3) is 0.350. The van der Waals surface area contributed by atoms with Crippen LogP contribution in [0.5, 0.6) is 11.5 Å². The standard InChI is InChI=1S/C20H24ClN5O3/c1-5-28-16-8-7-14(9-17(16)29-6-2)11-26-12-15(10-22-26)23-20(27)19-18(21)13(3)24-25(19)4/h7-10,12H,5-6,11H2,1-4H3,(H,23,27). The first-order chi connectivity index (χ1) is 13.9. The third-order valence-electron chi connectivity index (χ3n) is 4.21. The Balaban J connectivity index is 1.72. The monoisotopic (exact) mass is 417 g/mol. The van der Waals surface area contributed by atoms with Crippen LogP contribution in [0.25, 0.3) is 0 Å². The van der Waals surface area contributed by atoms with Crippen LogP contribution in [0.3, 0.4) is 0 Å². The molecule has 2 aromatic heterocycles. The van der Waals surface area contributed by atoms with Crippen molar-refractivity contribution < 1.29 is 14.3 Å². The van der Waals surface area contributed by atoms with Crippen LogP contribution >= 0.6 is 11.6 Å². The summed E-state index contributed by atoms with van der Waals surface area (Å²) in [6.07, 6.45) is 3.35. The quantitative estimate of drug-likeness (QED) is 0.604. The first kappa shape index (κ1) is 20.7. The smallest absolute Gasteiger partial charge is 0.275 e. The summed E-state index contributed by atoms with van der Waals surface area (Å²) in [5.41, 5.74) is 2.49. The summed E-state index contributed by atoms with van der Waals surface area (Å²) in [5.74, 6) is 1.08. The number of benzene rings is 1. The average Bonchev–Trinajstić information content (AvgIpc) is 3.21. The molecule has 0 spiro atoms. The summed E-state index contributed by atoms with van der Waals surface area (Å²) in [4.78, 5) is 12.5. The number of nitrogens with zero attached hydrogens (tertiary/aromatic N) is 4. The van der Waals surface area contributed by atoms with Gasteiger partial charge in [-0.15, -0.1) is 0 Å². The predicted molar refractivity (Wildman–Crippen MR) is 111 cm³/mol. The van der Waals surface area contributed by atoms with E-state index < -0.39 is 0 Å². The predicted octanol–water partition coefficient (Wildman–Crippen LogP) is 3.68. The maximum atomic E-state index is 12.5. The first-order valence-corrected chi connectivity index (χ1v) is 9.72. The molecule has 0 aliphatic rings. The van der Waals surface area contributed by atoms with E-state index in [1.54, 1.807) is 31.0 Å². The molecule has 3 rings (SSSR count). The molecule has 154 valence electrons. The zero-order valence-corrected chi connectivity index (χ0v) is 17.7. The van der Waals surface area contributed by atoms with Crippen LogP contribution in [0.4, 0.5) is 5.69 Å². The third kappa shape index (κ3) is 4.71. The Labute approximate surface area is 174 Å². The summed E-state index contributed by atoms with van der Waals surface area (Å²) >= 11 is 6.18. The largest absolute Gasteiger partial charge is 0.490 e. The van der Waals surface area contributed by atoms with E-state index in [4.69, 9.17) is 21.1 Å². The minimum absolute atomic E-state index is 0.310. The third-order valence-corrected chi connectivity index (χ3v) is 4.66. The summed E-state index contributed by atoms with van der Waals surface area (Å²) in [6, 6.07) is 5.79. The molecule has 9 heteroatoms. The molecule has 0 fully saturated rings. The van der Waals surface area contributed by atoms with Crippen molar-refractivity contribution in [3.63, 3.8) is 0 Å². The molecule has 0 radical (unpaired) electrons. The minimum Gasteiger partial charge on any atom is -0.490 e. The van der Waals surface area contributed by atoms with Crippen molar-refractivity contribution in [1.29, 1.82) is 0 Å². The maximum Gasteiger partial charge on any atom is 0.275 e. The number of rotatable bonds is 8. The Morgan fingerprint density at radius 2 is 1.93 bits per heavy atom. The number of anilines is 1. The van der Waals surface area contributed by atoms with Gasteiger partial charge in [0.1, 0.15) is 5.69 Å². The van der Waals surface area contributed by atoms with Gasteiger partial charge in [-0.25, -0.2) is 0 Å². The lowest BCUT2D eigenvalue weighted by atomic mass is 10.2. The van der Waals surface area contributed by atoms with Gasteiger partial charge in [-0.1, -0.05) is 17.7 Å². The first-order valence-electron chi connectivity index (χ1n) is 9.34. The highest BCUT2D eigenvalue weighted by Gasteiger charge is 2.19. The summed E-state index contributed by atoms with van der Waals surface area (Å²) in [6.45, 7) is 7.27. The fourth-order valence-corrected chi connectivity index (χ4v) is 3.21. The van der Waals surface area contributed by atoms with Crippen molar-refractivity contribution >= 4 is 23.2 Å². The number of aryl methyl sites for hydroxylation is 2. The SMILES string of the molecule is CCOc1ccc(Cn2cc(NC(=O)c3c(Cl)c(C)nn3C)cn2)cc1OCC. The molecule has 3 aromatic rings. The molecule has 0 saturated carbocycles. The molecular formula is C20H24ClN5O3. The number of hydrogen-bond acceptors (Lipinski definition) is 5. The molecule has 1 amide bonds. The number of hydrogen-bond donors (Lipinski definition) is 1. The topological polar surface area (TPSA) is 83.2 Å². The molecule has 1 aromatic carbocycles. The summed E-state index contributed by atoms with van der Waals surface area (Å²) < 4.78 is 14.5. The minimum atomic E-state index is -0.336. The van der Waals surface area contributed by atoms with Crippen molar-refractivity contribution in [3.8, 4) is 11.5 Å². The van der Waals surface area contributed by atoms with Crippen LogP contribution in [0.15, 0.2) is 30.6 Å². The molecule has 0 aliphatic heterocycles. The Hall–Kier alpha value is -3.00. The van der Waals surface area contributed by atoms with Crippen molar-refractivity contribution in [3.05, 3.63) is 52.6 Å². The van der Waals surface area contributed by atoms with E-state index in [0.717, 1.165) is 11.3 Å². The van der Waals surface area contributed by atoms with Gasteiger partial charge in [0.15, 0.2) is 11.5 Å². The molecule has 0 atom stereocenters. The van der Waals surface area contributed by atoms with E-state index >= 15 is 0 Å². The van der Waals surface area contributed by atoms with Gasteiger partial charge < -0.3 is 14.8 Å². The van der Waals surface area contributed by atoms with E-state index in [-0.39, 0.29) is 5.91 Å². The Bertz CT molecular complexity index is 1010. The fourth-order valence-electron chi connectivity index (χ4n) is 2.96. The normalized spacial score (nSPS) is 10.8. The van der Waals surface area contributed by atoms with Gasteiger partial charge in [0.2, 0.25) is 0 Å². The zero-order chi connectivity index (χ0) is 21.0. The van der Waals surface area contributed by atoms with Gasteiger partial charge in [-0.2, -0.15) is 10.2 Å². The lowest BCUT2D eigenvalue weighted by Crippen LogP contribution is -2.16. The number of halogens is 1. The molecular weight excluding hydrogens is 394 g/mol. The van der Waals surface area contributed by atoms with Gasteiger partial charge >= 0.3 is 0 Å². The summed E-state index contributed by atoms with van der Waals surface area (Å²) in [7, 11) is 1.68. The van der Waals surface area contributed by atoms with Gasteiger partial charge in [0.05, 0.1) is 42.4 Å².